The number of halogens is 1. The molecule has 3 aliphatic rings. The van der Waals surface area contributed by atoms with Gasteiger partial charge in [0.15, 0.2) is 0 Å². The van der Waals surface area contributed by atoms with Gasteiger partial charge < -0.3 is 30.7 Å². The Morgan fingerprint density at radius 2 is 1.79 bits per heavy atom. The summed E-state index contributed by atoms with van der Waals surface area (Å²) in [6.07, 6.45) is 3.82. The molecule has 1 saturated carbocycles. The maximum absolute atomic E-state index is 13.0. The van der Waals surface area contributed by atoms with Crippen molar-refractivity contribution in [3.05, 3.63) is 0 Å². The number of nitrogens with one attached hydrogen (secondary N) is 2. The van der Waals surface area contributed by atoms with Crippen LogP contribution >= 0.6 is 23.4 Å². The molecule has 1 aliphatic carbocycles. The Morgan fingerprint density at radius 3 is 2.41 bits per heavy atom. The van der Waals surface area contributed by atoms with Crippen molar-refractivity contribution in [2.75, 3.05) is 12.8 Å². The number of carbonyl (C=O) groups excluding carboxylic acids is 1. The van der Waals surface area contributed by atoms with Crippen LogP contribution in [0.5, 0.6) is 0 Å². The minimum atomic E-state index is -1.36. The van der Waals surface area contributed by atoms with E-state index in [9.17, 15) is 20.1 Å². The lowest BCUT2D eigenvalue weighted by atomic mass is 9.92. The fraction of sp³-hybridized carbons (Fsp3) is 0.950. The smallest absolute Gasteiger partial charge is 0.237 e. The number of ether oxygens (including phenoxy) is 1. The molecule has 7 nitrogen and oxygen atoms in total. The van der Waals surface area contributed by atoms with Crippen molar-refractivity contribution in [1.82, 2.24) is 10.6 Å². The number of aliphatic hydroxyl groups is 3. The summed E-state index contributed by atoms with van der Waals surface area (Å²) in [7, 11) is 0. The lowest BCUT2D eigenvalue weighted by molar-refractivity contribution is -0.205. The van der Waals surface area contributed by atoms with Gasteiger partial charge in [-0.2, -0.15) is 0 Å². The summed E-state index contributed by atoms with van der Waals surface area (Å²) in [6.45, 7) is 2.54. The first-order valence-electron chi connectivity index (χ1n) is 10.7. The van der Waals surface area contributed by atoms with Gasteiger partial charge in [0.05, 0.1) is 17.5 Å². The van der Waals surface area contributed by atoms with Gasteiger partial charge >= 0.3 is 0 Å². The zero-order chi connectivity index (χ0) is 21.1. The van der Waals surface area contributed by atoms with Gasteiger partial charge in [-0.1, -0.05) is 12.8 Å². The summed E-state index contributed by atoms with van der Waals surface area (Å²) < 4.78 is 5.82. The zero-order valence-corrected chi connectivity index (χ0v) is 18.7. The molecule has 3 rings (SSSR count). The number of amides is 1. The van der Waals surface area contributed by atoms with Gasteiger partial charge in [-0.15, -0.1) is 23.4 Å². The van der Waals surface area contributed by atoms with Crippen molar-refractivity contribution in [2.45, 2.75) is 92.8 Å². The van der Waals surface area contributed by atoms with E-state index in [2.05, 4.69) is 10.6 Å². The molecule has 5 N–H and O–H groups in total. The van der Waals surface area contributed by atoms with Gasteiger partial charge in [-0.25, -0.2) is 0 Å². The third kappa shape index (κ3) is 5.99. The molecule has 0 aromatic rings. The van der Waals surface area contributed by atoms with Crippen LogP contribution in [0.2, 0.25) is 0 Å². The topological polar surface area (TPSA) is 111 Å². The molecular weight excluding hydrogens is 416 g/mol. The number of hydrogen-bond donors (Lipinski definition) is 5. The van der Waals surface area contributed by atoms with Crippen LogP contribution in [0.25, 0.3) is 0 Å². The zero-order valence-electron chi connectivity index (χ0n) is 17.2. The van der Waals surface area contributed by atoms with E-state index in [1.165, 1.54) is 31.0 Å². The molecular formula is C20H35ClN2O5S. The van der Waals surface area contributed by atoms with Crippen molar-refractivity contribution in [3.63, 3.8) is 0 Å². The van der Waals surface area contributed by atoms with E-state index in [0.29, 0.717) is 5.92 Å². The number of aliphatic hydroxyl groups excluding tert-OH is 3. The summed E-state index contributed by atoms with van der Waals surface area (Å²) in [5.74, 6) is 1.41. The fourth-order valence-corrected chi connectivity index (χ4v) is 5.37. The predicted molar refractivity (Wildman–Crippen MR) is 114 cm³/mol. The van der Waals surface area contributed by atoms with Crippen LogP contribution in [0.1, 0.15) is 45.4 Å². The number of thioether (sulfide) groups is 1. The van der Waals surface area contributed by atoms with E-state index < -0.39 is 41.3 Å². The van der Waals surface area contributed by atoms with Gasteiger partial charge in [0.25, 0.3) is 0 Å². The molecule has 1 amide bonds. The molecule has 2 saturated heterocycles. The quantitative estimate of drug-likeness (QED) is 0.365. The molecule has 0 aromatic carbocycles. The van der Waals surface area contributed by atoms with Crippen molar-refractivity contribution >= 4 is 29.3 Å². The summed E-state index contributed by atoms with van der Waals surface area (Å²) in [5.41, 5.74) is -0.701. The lowest BCUT2D eigenvalue weighted by Crippen LogP contribution is -2.65. The maximum atomic E-state index is 13.0. The van der Waals surface area contributed by atoms with E-state index in [4.69, 9.17) is 16.3 Å². The Hall–Kier alpha value is -0.0900. The van der Waals surface area contributed by atoms with Crippen LogP contribution in [-0.2, 0) is 9.53 Å². The first kappa shape index (κ1) is 23.6. The largest absolute Gasteiger partial charge is 0.388 e. The molecule has 2 aliphatic heterocycles. The summed E-state index contributed by atoms with van der Waals surface area (Å²) in [5, 5.41) is 36.5. The normalized spacial score (nSPS) is 40.7. The van der Waals surface area contributed by atoms with Gasteiger partial charge in [0, 0.05) is 0 Å². The van der Waals surface area contributed by atoms with Crippen molar-refractivity contribution in [2.24, 2.45) is 11.8 Å². The first-order valence-corrected chi connectivity index (χ1v) is 12.4. The van der Waals surface area contributed by atoms with E-state index in [0.717, 1.165) is 31.7 Å². The Kier molecular flexibility index (Phi) is 8.52. The van der Waals surface area contributed by atoms with E-state index >= 15 is 0 Å². The highest BCUT2D eigenvalue weighted by Crippen LogP contribution is 2.38. The van der Waals surface area contributed by atoms with Gasteiger partial charge in [0.2, 0.25) is 5.91 Å². The Morgan fingerprint density at radius 1 is 1.14 bits per heavy atom. The minimum absolute atomic E-state index is 0.160. The summed E-state index contributed by atoms with van der Waals surface area (Å²) >= 11 is 7.58. The molecule has 0 spiro atoms. The van der Waals surface area contributed by atoms with Gasteiger partial charge in [-0.3, -0.25) is 4.79 Å². The highest BCUT2D eigenvalue weighted by Gasteiger charge is 2.48. The van der Waals surface area contributed by atoms with Crippen molar-refractivity contribution < 1.29 is 24.9 Å². The van der Waals surface area contributed by atoms with Crippen LogP contribution in [0, 0.1) is 11.8 Å². The Labute approximate surface area is 182 Å². The van der Waals surface area contributed by atoms with E-state index in [-0.39, 0.29) is 11.9 Å². The molecule has 0 bridgehead atoms. The lowest BCUT2D eigenvalue weighted by Gasteiger charge is -2.44. The van der Waals surface area contributed by atoms with Crippen molar-refractivity contribution in [3.8, 4) is 0 Å². The third-order valence-corrected chi connectivity index (χ3v) is 7.61. The van der Waals surface area contributed by atoms with Crippen LogP contribution < -0.4 is 10.6 Å². The standard InChI is InChI=1S/C20H35ClN2O5S/c1-10(21)14(18-16(25)15(24)17(26)20(28-18)29-2)23-19(27)13-6-5-12(7-8-22-13)9-11-3-4-11/h10-18,20,22,24-26H,3-9H2,1-2H3,(H,23,27)/t10-,12?,13-,14+,15-,16+,17+,18+,20+/m0/s1. The molecule has 0 radical (unpaired) electrons. The predicted octanol–water partition coefficient (Wildman–Crippen LogP) is 0.827. The summed E-state index contributed by atoms with van der Waals surface area (Å²) in [6, 6.07) is -0.993. The molecule has 3 fully saturated rings. The van der Waals surface area contributed by atoms with Crippen LogP contribution in [0.4, 0.5) is 0 Å². The Balaban J connectivity index is 1.61. The molecule has 2 heterocycles. The highest BCUT2D eigenvalue weighted by molar-refractivity contribution is 7.99. The molecule has 0 aromatic heterocycles. The second-order valence-electron chi connectivity index (χ2n) is 8.81. The Bertz CT molecular complexity index is 551. The van der Waals surface area contributed by atoms with E-state index in [1.54, 1.807) is 13.2 Å². The molecule has 9 atom stereocenters. The fourth-order valence-electron chi connectivity index (χ4n) is 4.48. The SMILES string of the molecule is CS[C@H]1O[C@H]([C@H](NC(=O)[C@@H]2CCC(CC3CC3)CCN2)[C@H](C)Cl)[C@H](O)[C@H](O)[C@H]1O. The molecule has 9 heteroatoms. The number of rotatable bonds is 7. The highest BCUT2D eigenvalue weighted by atomic mass is 35.5. The van der Waals surface area contributed by atoms with E-state index in [1.807, 2.05) is 0 Å². The maximum Gasteiger partial charge on any atom is 0.237 e. The molecule has 168 valence electrons. The van der Waals surface area contributed by atoms with Crippen LogP contribution in [0.3, 0.4) is 0 Å². The third-order valence-electron chi connectivity index (χ3n) is 6.48. The van der Waals surface area contributed by atoms with Crippen LogP contribution in [0.15, 0.2) is 0 Å². The minimum Gasteiger partial charge on any atom is -0.388 e. The van der Waals surface area contributed by atoms with Gasteiger partial charge in [0.1, 0.15) is 29.9 Å². The van der Waals surface area contributed by atoms with Crippen molar-refractivity contribution in [1.29, 1.82) is 0 Å². The second-order valence-corrected chi connectivity index (χ2v) is 10.4. The number of alkyl halides is 1. The molecule has 1 unspecified atom stereocenters. The molecule has 29 heavy (non-hydrogen) atoms. The first-order chi connectivity index (χ1) is 13.8. The van der Waals surface area contributed by atoms with Crippen LogP contribution in [-0.4, -0.2) is 81.3 Å². The monoisotopic (exact) mass is 450 g/mol. The van der Waals surface area contributed by atoms with Gasteiger partial charge in [-0.05, 0) is 57.2 Å². The average molecular weight is 451 g/mol. The average Bonchev–Trinajstić information content (AvgIpc) is 3.52. The number of carbonyl (C=O) groups is 1. The second kappa shape index (κ2) is 10.5. The summed E-state index contributed by atoms with van der Waals surface area (Å²) in [4.78, 5) is 13.0. The number of hydrogen-bond acceptors (Lipinski definition) is 7.